The third kappa shape index (κ3) is 4.25. The smallest absolute Gasteiger partial charge is 0.339 e. The average Bonchev–Trinajstić information content (AvgIpc) is 2.31. The fourth-order valence-corrected chi connectivity index (χ4v) is 1.67. The molecule has 1 unspecified atom stereocenters. The first-order chi connectivity index (χ1) is 9.84. The van der Waals surface area contributed by atoms with Crippen molar-refractivity contribution < 1.29 is 31.1 Å². The molecule has 0 aliphatic carbocycles. The minimum absolute atomic E-state index is 0.339. The summed E-state index contributed by atoms with van der Waals surface area (Å²) in [6, 6.07) is -1.25. The number of hydrogen-bond donors (Lipinski definition) is 2. The molecular weight excluding hydrogens is 318 g/mol. The summed E-state index contributed by atoms with van der Waals surface area (Å²) in [6.07, 6.45) is -9.65. The number of amides is 1. The van der Waals surface area contributed by atoms with E-state index in [0.29, 0.717) is 12.1 Å². The first-order valence-electron chi connectivity index (χ1n) is 6.02. The van der Waals surface area contributed by atoms with Gasteiger partial charge in [-0.25, -0.2) is 0 Å². The Balaban J connectivity index is 3.05. The molecule has 0 bridgehead atoms. The molecule has 10 heteroatoms. The Kier molecular flexibility index (Phi) is 4.93. The summed E-state index contributed by atoms with van der Waals surface area (Å²) in [5, 5.41) is 1.64. The number of H-pyrrole nitrogens is 1. The molecule has 1 amide bonds. The van der Waals surface area contributed by atoms with Crippen LogP contribution in [0.5, 0.6) is 0 Å². The van der Waals surface area contributed by atoms with E-state index in [-0.39, 0.29) is 0 Å². The second-order valence-corrected chi connectivity index (χ2v) is 4.85. The van der Waals surface area contributed by atoms with Gasteiger partial charge in [-0.15, -0.1) is 0 Å². The van der Waals surface area contributed by atoms with E-state index >= 15 is 0 Å². The third-order valence-electron chi connectivity index (χ3n) is 2.77. The van der Waals surface area contributed by atoms with Gasteiger partial charge in [-0.1, -0.05) is 13.8 Å². The van der Waals surface area contributed by atoms with Gasteiger partial charge in [-0.3, -0.25) is 9.59 Å². The number of carbonyl (C=O) groups is 1. The monoisotopic (exact) mass is 330 g/mol. The van der Waals surface area contributed by atoms with Crippen LogP contribution in [0, 0.1) is 5.92 Å². The lowest BCUT2D eigenvalue weighted by molar-refractivity contribution is -0.162. The van der Waals surface area contributed by atoms with Crippen LogP contribution in [0.3, 0.4) is 0 Å². The highest BCUT2D eigenvalue weighted by molar-refractivity contribution is 5.92. The van der Waals surface area contributed by atoms with Crippen molar-refractivity contribution in [1.82, 2.24) is 10.3 Å². The summed E-state index contributed by atoms with van der Waals surface area (Å²) in [6.45, 7) is 2.43. The van der Waals surface area contributed by atoms with Crippen molar-refractivity contribution in [2.75, 3.05) is 0 Å². The van der Waals surface area contributed by atoms with Gasteiger partial charge in [0.2, 0.25) is 0 Å². The van der Waals surface area contributed by atoms with Gasteiger partial charge in [0, 0.05) is 0 Å². The molecule has 0 spiro atoms. The average molecular weight is 330 g/mol. The Hall–Kier alpha value is -2.00. The quantitative estimate of drug-likeness (QED) is 0.837. The molecule has 0 saturated heterocycles. The second-order valence-electron chi connectivity index (χ2n) is 4.85. The SMILES string of the molecule is CC(C)C(NC(=O)c1ccc(C(F)(F)F)c(=O)[nH]1)C(F)(F)F. The largest absolute Gasteiger partial charge is 0.421 e. The van der Waals surface area contributed by atoms with Gasteiger partial charge in [0.25, 0.3) is 11.5 Å². The van der Waals surface area contributed by atoms with E-state index in [2.05, 4.69) is 0 Å². The van der Waals surface area contributed by atoms with Crippen LogP contribution >= 0.6 is 0 Å². The van der Waals surface area contributed by atoms with E-state index in [1.807, 2.05) is 0 Å². The van der Waals surface area contributed by atoms with Crippen LogP contribution in [0.15, 0.2) is 16.9 Å². The summed E-state index contributed by atoms with van der Waals surface area (Å²) in [5.74, 6) is -2.31. The molecule has 2 N–H and O–H groups in total. The summed E-state index contributed by atoms with van der Waals surface area (Å²) in [5.41, 5.74) is -3.83. The van der Waals surface area contributed by atoms with Crippen molar-refractivity contribution in [3.63, 3.8) is 0 Å². The van der Waals surface area contributed by atoms with Crippen molar-refractivity contribution in [3.05, 3.63) is 33.7 Å². The molecule has 1 atom stereocenters. The molecule has 0 aliphatic heterocycles. The zero-order chi connectivity index (χ0) is 17.3. The van der Waals surface area contributed by atoms with E-state index in [4.69, 9.17) is 0 Å². The van der Waals surface area contributed by atoms with E-state index in [1.165, 1.54) is 13.8 Å². The molecule has 22 heavy (non-hydrogen) atoms. The number of alkyl halides is 6. The molecule has 0 aromatic carbocycles. The van der Waals surface area contributed by atoms with Crippen molar-refractivity contribution in [1.29, 1.82) is 0 Å². The highest BCUT2D eigenvalue weighted by Gasteiger charge is 2.43. The fraction of sp³-hybridized carbons (Fsp3) is 0.500. The molecule has 0 fully saturated rings. The summed E-state index contributed by atoms with van der Waals surface area (Å²) in [4.78, 5) is 24.5. The Bertz CT molecular complexity index is 603. The van der Waals surface area contributed by atoms with E-state index < -0.39 is 47.0 Å². The Morgan fingerprint density at radius 2 is 1.68 bits per heavy atom. The van der Waals surface area contributed by atoms with Crippen LogP contribution in [-0.2, 0) is 6.18 Å². The Morgan fingerprint density at radius 3 is 2.05 bits per heavy atom. The lowest BCUT2D eigenvalue weighted by Crippen LogP contribution is -2.49. The molecule has 0 saturated carbocycles. The maximum Gasteiger partial charge on any atom is 0.421 e. The number of nitrogens with one attached hydrogen (secondary N) is 2. The number of rotatable bonds is 3. The molecule has 1 aromatic heterocycles. The lowest BCUT2D eigenvalue weighted by atomic mass is 10.0. The Labute approximate surface area is 120 Å². The van der Waals surface area contributed by atoms with Crippen molar-refractivity contribution >= 4 is 5.91 Å². The summed E-state index contributed by atoms with van der Waals surface area (Å²) >= 11 is 0. The van der Waals surface area contributed by atoms with Crippen LogP contribution in [0.4, 0.5) is 26.3 Å². The normalized spacial score (nSPS) is 14.0. The van der Waals surface area contributed by atoms with E-state index in [9.17, 15) is 35.9 Å². The van der Waals surface area contributed by atoms with Gasteiger partial charge >= 0.3 is 12.4 Å². The van der Waals surface area contributed by atoms with Crippen molar-refractivity contribution in [2.45, 2.75) is 32.2 Å². The third-order valence-corrected chi connectivity index (χ3v) is 2.77. The predicted octanol–water partition coefficient (Wildman–Crippen LogP) is 2.71. The summed E-state index contributed by atoms with van der Waals surface area (Å²) in [7, 11) is 0. The molecule has 0 aliphatic rings. The van der Waals surface area contributed by atoms with Crippen LogP contribution in [0.2, 0.25) is 0 Å². The number of pyridine rings is 1. The minimum Gasteiger partial charge on any atom is -0.339 e. The van der Waals surface area contributed by atoms with Crippen LogP contribution < -0.4 is 10.9 Å². The Morgan fingerprint density at radius 1 is 1.14 bits per heavy atom. The molecule has 1 heterocycles. The van der Waals surface area contributed by atoms with Crippen molar-refractivity contribution in [3.8, 4) is 0 Å². The number of aromatic nitrogens is 1. The molecule has 124 valence electrons. The van der Waals surface area contributed by atoms with Gasteiger partial charge in [0.15, 0.2) is 0 Å². The molecule has 0 radical (unpaired) electrons. The topological polar surface area (TPSA) is 62.0 Å². The van der Waals surface area contributed by atoms with Gasteiger partial charge in [0.1, 0.15) is 17.3 Å². The molecule has 1 rings (SSSR count). The highest BCUT2D eigenvalue weighted by atomic mass is 19.4. The minimum atomic E-state index is -4.92. The highest BCUT2D eigenvalue weighted by Crippen LogP contribution is 2.27. The standard InChI is InChI=1S/C12H12F6N2O2/c1-5(2)8(12(16,17)18)20-10(22)7-4-3-6(9(21)19-7)11(13,14)15/h3-5,8H,1-2H3,(H,19,21)(H,20,22). The predicted molar refractivity (Wildman–Crippen MR) is 64.2 cm³/mol. The van der Waals surface area contributed by atoms with E-state index in [1.54, 1.807) is 10.3 Å². The van der Waals surface area contributed by atoms with Gasteiger partial charge < -0.3 is 10.3 Å². The first-order valence-corrected chi connectivity index (χ1v) is 6.02. The van der Waals surface area contributed by atoms with E-state index in [0.717, 1.165) is 0 Å². The maximum atomic E-state index is 12.7. The number of carbonyl (C=O) groups excluding carboxylic acids is 1. The van der Waals surface area contributed by atoms with Gasteiger partial charge in [-0.05, 0) is 18.1 Å². The lowest BCUT2D eigenvalue weighted by Gasteiger charge is -2.24. The number of hydrogen-bond acceptors (Lipinski definition) is 2. The molecular formula is C12H12F6N2O2. The maximum absolute atomic E-state index is 12.7. The van der Waals surface area contributed by atoms with Crippen LogP contribution in [-0.4, -0.2) is 23.1 Å². The fourth-order valence-electron chi connectivity index (χ4n) is 1.67. The van der Waals surface area contributed by atoms with Crippen molar-refractivity contribution in [2.24, 2.45) is 5.92 Å². The van der Waals surface area contributed by atoms with Crippen LogP contribution in [0.1, 0.15) is 29.9 Å². The van der Waals surface area contributed by atoms with Gasteiger partial charge in [-0.2, -0.15) is 26.3 Å². The second kappa shape index (κ2) is 6.01. The number of halogens is 6. The van der Waals surface area contributed by atoms with Gasteiger partial charge in [0.05, 0.1) is 0 Å². The zero-order valence-corrected chi connectivity index (χ0v) is 11.4. The molecule has 4 nitrogen and oxygen atoms in total. The summed E-state index contributed by atoms with van der Waals surface area (Å²) < 4.78 is 75.3. The first kappa shape index (κ1) is 18.1. The zero-order valence-electron chi connectivity index (χ0n) is 11.4. The number of aromatic amines is 1. The van der Waals surface area contributed by atoms with Crippen LogP contribution in [0.25, 0.3) is 0 Å². The molecule has 1 aromatic rings.